The molecule has 3 rings (SSSR count). The maximum Gasteiger partial charge on any atom is 0.358 e. The summed E-state index contributed by atoms with van der Waals surface area (Å²) in [6.45, 7) is 0. The number of hydrogen-bond acceptors (Lipinski definition) is 3. The van der Waals surface area contributed by atoms with Crippen molar-refractivity contribution in [2.45, 2.75) is 18.8 Å². The molecule has 1 N–H and O–H groups in total. The molecular weight excluding hydrogens is 254 g/mol. The van der Waals surface area contributed by atoms with E-state index in [-0.39, 0.29) is 11.6 Å². The fraction of sp³-hybridized carbons (Fsp3) is 0.250. The van der Waals surface area contributed by atoms with Crippen molar-refractivity contribution in [3.05, 3.63) is 40.7 Å². The molecule has 6 heteroatoms. The van der Waals surface area contributed by atoms with Crippen LogP contribution in [0, 0.1) is 0 Å². The van der Waals surface area contributed by atoms with Gasteiger partial charge in [0.15, 0.2) is 5.69 Å². The molecule has 1 aliphatic rings. The Hall–Kier alpha value is -1.88. The molecule has 0 saturated heterocycles. The normalized spacial score (nSPS) is 14.7. The molecule has 5 nitrogen and oxygen atoms in total. The highest BCUT2D eigenvalue weighted by molar-refractivity contribution is 6.32. The van der Waals surface area contributed by atoms with Gasteiger partial charge in [-0.05, 0) is 25.0 Å². The van der Waals surface area contributed by atoms with Gasteiger partial charge in [-0.2, -0.15) is 0 Å². The predicted octanol–water partition coefficient (Wildman–Crippen LogP) is 2.50. The van der Waals surface area contributed by atoms with Crippen molar-refractivity contribution < 1.29 is 9.90 Å². The maximum absolute atomic E-state index is 11.1. The van der Waals surface area contributed by atoms with E-state index in [9.17, 15) is 4.79 Å². The lowest BCUT2D eigenvalue weighted by Crippen LogP contribution is -2.06. The lowest BCUT2D eigenvalue weighted by atomic mass is 10.2. The molecule has 92 valence electrons. The van der Waals surface area contributed by atoms with Crippen molar-refractivity contribution in [3.8, 4) is 5.69 Å². The van der Waals surface area contributed by atoms with Crippen LogP contribution in [0.25, 0.3) is 5.69 Å². The Labute approximate surface area is 108 Å². The zero-order valence-corrected chi connectivity index (χ0v) is 10.1. The zero-order valence-electron chi connectivity index (χ0n) is 9.38. The third kappa shape index (κ3) is 1.76. The van der Waals surface area contributed by atoms with Crippen LogP contribution in [-0.4, -0.2) is 26.1 Å². The zero-order chi connectivity index (χ0) is 12.7. The van der Waals surface area contributed by atoms with Crippen molar-refractivity contribution in [2.75, 3.05) is 0 Å². The van der Waals surface area contributed by atoms with E-state index in [4.69, 9.17) is 16.7 Å². The summed E-state index contributed by atoms with van der Waals surface area (Å²) in [5.74, 6) is -0.822. The van der Waals surface area contributed by atoms with E-state index >= 15 is 0 Å². The summed E-state index contributed by atoms with van der Waals surface area (Å²) in [6.07, 6.45) is 1.94. The second-order valence-corrected chi connectivity index (χ2v) is 4.67. The number of carboxylic acids is 1. The number of aromatic carboxylic acids is 1. The SMILES string of the molecule is O=C(O)c1nnn(-c2ccccc2Cl)c1C1CC1. The Morgan fingerprint density at radius 3 is 2.72 bits per heavy atom. The minimum Gasteiger partial charge on any atom is -0.476 e. The van der Waals surface area contributed by atoms with E-state index in [1.165, 1.54) is 0 Å². The lowest BCUT2D eigenvalue weighted by Gasteiger charge is -2.07. The first-order chi connectivity index (χ1) is 8.68. The molecule has 0 amide bonds. The number of carboxylic acid groups (broad SMARTS) is 1. The van der Waals surface area contributed by atoms with Crippen LogP contribution in [0.5, 0.6) is 0 Å². The van der Waals surface area contributed by atoms with Crippen molar-refractivity contribution in [1.82, 2.24) is 15.0 Å². The first-order valence-corrected chi connectivity index (χ1v) is 6.00. The Morgan fingerprint density at radius 2 is 2.11 bits per heavy atom. The van der Waals surface area contributed by atoms with Gasteiger partial charge in [-0.15, -0.1) is 5.10 Å². The number of carbonyl (C=O) groups is 1. The van der Waals surface area contributed by atoms with Gasteiger partial charge in [0, 0.05) is 5.92 Å². The van der Waals surface area contributed by atoms with Gasteiger partial charge in [0.25, 0.3) is 0 Å². The Morgan fingerprint density at radius 1 is 1.39 bits per heavy atom. The molecule has 1 saturated carbocycles. The van der Waals surface area contributed by atoms with Gasteiger partial charge in [0.05, 0.1) is 16.4 Å². The van der Waals surface area contributed by atoms with Gasteiger partial charge in [0.2, 0.25) is 0 Å². The Kier molecular flexibility index (Phi) is 2.56. The van der Waals surface area contributed by atoms with Crippen LogP contribution < -0.4 is 0 Å². The Bertz CT molecular complexity index is 620. The van der Waals surface area contributed by atoms with Gasteiger partial charge in [-0.25, -0.2) is 9.48 Å². The summed E-state index contributed by atoms with van der Waals surface area (Å²) in [7, 11) is 0. The van der Waals surface area contributed by atoms with Gasteiger partial charge in [-0.3, -0.25) is 0 Å². The molecular formula is C12H10ClN3O2. The molecule has 0 bridgehead atoms. The number of benzene rings is 1. The monoisotopic (exact) mass is 263 g/mol. The number of para-hydroxylation sites is 1. The van der Waals surface area contributed by atoms with E-state index in [0.29, 0.717) is 16.4 Å². The second kappa shape index (κ2) is 4.10. The smallest absolute Gasteiger partial charge is 0.358 e. The molecule has 1 aromatic carbocycles. The summed E-state index contributed by atoms with van der Waals surface area (Å²) in [5, 5.41) is 17.3. The van der Waals surface area contributed by atoms with Crippen LogP contribution >= 0.6 is 11.6 Å². The van der Waals surface area contributed by atoms with Crippen molar-refractivity contribution in [3.63, 3.8) is 0 Å². The molecule has 0 unspecified atom stereocenters. The van der Waals surface area contributed by atoms with Gasteiger partial charge in [-0.1, -0.05) is 28.9 Å². The molecule has 1 heterocycles. The maximum atomic E-state index is 11.1. The first-order valence-electron chi connectivity index (χ1n) is 5.62. The van der Waals surface area contributed by atoms with E-state index in [2.05, 4.69) is 10.3 Å². The highest BCUT2D eigenvalue weighted by Gasteiger charge is 2.34. The van der Waals surface area contributed by atoms with E-state index in [1.54, 1.807) is 16.8 Å². The summed E-state index contributed by atoms with van der Waals surface area (Å²) < 4.78 is 1.55. The number of rotatable bonds is 3. The molecule has 0 spiro atoms. The fourth-order valence-electron chi connectivity index (χ4n) is 1.97. The van der Waals surface area contributed by atoms with E-state index in [0.717, 1.165) is 12.8 Å². The fourth-order valence-corrected chi connectivity index (χ4v) is 2.18. The summed E-state index contributed by atoms with van der Waals surface area (Å²) >= 11 is 6.11. The van der Waals surface area contributed by atoms with Crippen LogP contribution in [-0.2, 0) is 0 Å². The minimum absolute atomic E-state index is 0.0254. The summed E-state index contributed by atoms with van der Waals surface area (Å²) in [4.78, 5) is 11.1. The van der Waals surface area contributed by atoms with Gasteiger partial charge < -0.3 is 5.11 Å². The van der Waals surface area contributed by atoms with E-state index in [1.807, 2.05) is 12.1 Å². The molecule has 1 aliphatic carbocycles. The van der Waals surface area contributed by atoms with Crippen LogP contribution in [0.2, 0.25) is 5.02 Å². The molecule has 18 heavy (non-hydrogen) atoms. The van der Waals surface area contributed by atoms with Crippen LogP contribution in [0.3, 0.4) is 0 Å². The van der Waals surface area contributed by atoms with Crippen LogP contribution in [0.1, 0.15) is 34.9 Å². The third-order valence-electron chi connectivity index (χ3n) is 2.95. The topological polar surface area (TPSA) is 68.0 Å². The van der Waals surface area contributed by atoms with Gasteiger partial charge in [0.1, 0.15) is 0 Å². The molecule has 2 aromatic rings. The molecule has 0 radical (unpaired) electrons. The number of nitrogens with zero attached hydrogens (tertiary/aromatic N) is 3. The molecule has 1 fully saturated rings. The molecule has 0 aliphatic heterocycles. The Balaban J connectivity index is 2.18. The summed E-state index contributed by atoms with van der Waals surface area (Å²) in [6, 6.07) is 7.20. The molecule has 1 aromatic heterocycles. The highest BCUT2D eigenvalue weighted by atomic mass is 35.5. The minimum atomic E-state index is -1.05. The number of hydrogen-bond donors (Lipinski definition) is 1. The summed E-state index contributed by atoms with van der Waals surface area (Å²) in [5.41, 5.74) is 1.34. The van der Waals surface area contributed by atoms with Crippen molar-refractivity contribution >= 4 is 17.6 Å². The average Bonchev–Trinajstić information content (AvgIpc) is 3.09. The van der Waals surface area contributed by atoms with Crippen molar-refractivity contribution in [2.24, 2.45) is 0 Å². The quantitative estimate of drug-likeness (QED) is 0.924. The largest absolute Gasteiger partial charge is 0.476 e. The molecule has 0 atom stereocenters. The second-order valence-electron chi connectivity index (χ2n) is 4.27. The first kappa shape index (κ1) is 11.2. The highest BCUT2D eigenvalue weighted by Crippen LogP contribution is 2.42. The number of halogens is 1. The van der Waals surface area contributed by atoms with Gasteiger partial charge >= 0.3 is 5.97 Å². The van der Waals surface area contributed by atoms with Crippen molar-refractivity contribution in [1.29, 1.82) is 0 Å². The van der Waals surface area contributed by atoms with Crippen LogP contribution in [0.4, 0.5) is 0 Å². The van der Waals surface area contributed by atoms with Crippen LogP contribution in [0.15, 0.2) is 24.3 Å². The predicted molar refractivity (Wildman–Crippen MR) is 65.3 cm³/mol. The standard InChI is InChI=1S/C12H10ClN3O2/c13-8-3-1-2-4-9(8)16-11(7-5-6-7)10(12(17)18)14-15-16/h1-4,7H,5-6H2,(H,17,18). The van der Waals surface area contributed by atoms with E-state index < -0.39 is 5.97 Å². The number of aromatic nitrogens is 3. The average molecular weight is 264 g/mol. The lowest BCUT2D eigenvalue weighted by molar-refractivity contribution is 0.0689. The third-order valence-corrected chi connectivity index (χ3v) is 3.27.